The van der Waals surface area contributed by atoms with Gasteiger partial charge in [0.1, 0.15) is 6.10 Å². The molecule has 2 fully saturated rings. The average Bonchev–Trinajstić information content (AvgIpc) is 3.07. The predicted octanol–water partition coefficient (Wildman–Crippen LogP) is 3.92. The second-order valence-electron chi connectivity index (χ2n) is 6.18. The van der Waals surface area contributed by atoms with Gasteiger partial charge in [-0.05, 0) is 50.3 Å². The average molecular weight is 319 g/mol. The van der Waals surface area contributed by atoms with Crippen molar-refractivity contribution < 1.29 is 19.0 Å². The van der Waals surface area contributed by atoms with Gasteiger partial charge in [0.05, 0.1) is 13.2 Å². The van der Waals surface area contributed by atoms with E-state index in [9.17, 15) is 4.79 Å². The maximum Gasteiger partial charge on any atom is 0.410 e. The number of rotatable bonds is 5. The molecule has 5 heteroatoms. The van der Waals surface area contributed by atoms with Gasteiger partial charge in [0.25, 0.3) is 0 Å². The van der Waals surface area contributed by atoms with Crippen LogP contribution in [-0.4, -0.2) is 37.3 Å². The number of nitrogens with zero attached hydrogens (tertiary/aromatic N) is 1. The SMILES string of the molecule is CCN1CCC(c2ccc(OC)c(OC3CCCC3)c2)OC1=O. The molecule has 1 aromatic carbocycles. The highest BCUT2D eigenvalue weighted by molar-refractivity contribution is 5.68. The molecule has 1 aliphatic carbocycles. The van der Waals surface area contributed by atoms with Gasteiger partial charge in [-0.15, -0.1) is 0 Å². The minimum absolute atomic E-state index is 0.206. The molecule has 0 radical (unpaired) electrons. The molecule has 1 aromatic rings. The Kier molecular flexibility index (Phi) is 4.94. The van der Waals surface area contributed by atoms with Crippen molar-refractivity contribution in [1.82, 2.24) is 4.90 Å². The summed E-state index contributed by atoms with van der Waals surface area (Å²) in [6.45, 7) is 3.37. The molecule has 2 aliphatic rings. The molecule has 1 saturated carbocycles. The minimum Gasteiger partial charge on any atom is -0.493 e. The van der Waals surface area contributed by atoms with Crippen LogP contribution in [0.3, 0.4) is 0 Å². The van der Waals surface area contributed by atoms with Crippen LogP contribution < -0.4 is 9.47 Å². The van der Waals surface area contributed by atoms with Gasteiger partial charge in [0.2, 0.25) is 0 Å². The Labute approximate surface area is 137 Å². The molecule has 1 atom stereocenters. The van der Waals surface area contributed by atoms with Crippen molar-refractivity contribution in [1.29, 1.82) is 0 Å². The number of benzene rings is 1. The van der Waals surface area contributed by atoms with Crippen LogP contribution in [0.1, 0.15) is 50.7 Å². The summed E-state index contributed by atoms with van der Waals surface area (Å²) in [7, 11) is 1.65. The van der Waals surface area contributed by atoms with Crippen molar-refractivity contribution in [3.05, 3.63) is 23.8 Å². The Balaban J connectivity index is 1.76. The Bertz CT molecular complexity index is 554. The van der Waals surface area contributed by atoms with E-state index in [2.05, 4.69) is 0 Å². The lowest BCUT2D eigenvalue weighted by Crippen LogP contribution is -2.38. The van der Waals surface area contributed by atoms with E-state index in [1.165, 1.54) is 12.8 Å². The van der Waals surface area contributed by atoms with Crippen LogP contribution in [0.5, 0.6) is 11.5 Å². The van der Waals surface area contributed by atoms with E-state index in [-0.39, 0.29) is 18.3 Å². The van der Waals surface area contributed by atoms with Crippen LogP contribution in [0, 0.1) is 0 Å². The van der Waals surface area contributed by atoms with E-state index >= 15 is 0 Å². The summed E-state index contributed by atoms with van der Waals surface area (Å²) in [4.78, 5) is 13.7. The maximum atomic E-state index is 11.9. The molecular weight excluding hydrogens is 294 g/mol. The lowest BCUT2D eigenvalue weighted by molar-refractivity contribution is 0.0258. The van der Waals surface area contributed by atoms with E-state index in [0.29, 0.717) is 6.54 Å². The summed E-state index contributed by atoms with van der Waals surface area (Å²) in [6, 6.07) is 5.83. The van der Waals surface area contributed by atoms with Gasteiger partial charge in [-0.2, -0.15) is 0 Å². The molecule has 0 N–H and O–H groups in total. The Morgan fingerprint density at radius 2 is 2.00 bits per heavy atom. The minimum atomic E-state index is -0.238. The van der Waals surface area contributed by atoms with E-state index in [1.54, 1.807) is 12.0 Å². The lowest BCUT2D eigenvalue weighted by Gasteiger charge is -2.31. The zero-order chi connectivity index (χ0) is 16.2. The third-order valence-electron chi connectivity index (χ3n) is 4.70. The number of hydrogen-bond donors (Lipinski definition) is 0. The molecular formula is C18H25NO4. The molecule has 0 aromatic heterocycles. The zero-order valence-electron chi connectivity index (χ0n) is 13.9. The first kappa shape index (κ1) is 16.0. The molecule has 1 aliphatic heterocycles. The normalized spacial score (nSPS) is 22.1. The molecule has 0 bridgehead atoms. The summed E-state index contributed by atoms with van der Waals surface area (Å²) in [6.07, 6.45) is 5.26. The van der Waals surface area contributed by atoms with Crippen molar-refractivity contribution in [2.45, 2.75) is 51.2 Å². The van der Waals surface area contributed by atoms with Gasteiger partial charge >= 0.3 is 6.09 Å². The number of cyclic esters (lactones) is 1. The third kappa shape index (κ3) is 3.54. The number of methoxy groups -OCH3 is 1. The van der Waals surface area contributed by atoms with E-state index in [0.717, 1.165) is 42.9 Å². The van der Waals surface area contributed by atoms with E-state index < -0.39 is 0 Å². The summed E-state index contributed by atoms with van der Waals surface area (Å²) >= 11 is 0. The second kappa shape index (κ2) is 7.11. The van der Waals surface area contributed by atoms with Gasteiger partial charge in [-0.1, -0.05) is 6.07 Å². The van der Waals surface area contributed by atoms with Crippen molar-refractivity contribution in [3.8, 4) is 11.5 Å². The number of amides is 1. The fraction of sp³-hybridized carbons (Fsp3) is 0.611. The quantitative estimate of drug-likeness (QED) is 0.825. The van der Waals surface area contributed by atoms with Gasteiger partial charge < -0.3 is 19.1 Å². The highest BCUT2D eigenvalue weighted by Crippen LogP contribution is 2.36. The maximum absolute atomic E-state index is 11.9. The molecule has 126 valence electrons. The fourth-order valence-electron chi connectivity index (χ4n) is 3.31. The first-order valence-corrected chi connectivity index (χ1v) is 8.51. The van der Waals surface area contributed by atoms with Crippen LogP contribution in [0.4, 0.5) is 4.79 Å². The largest absolute Gasteiger partial charge is 0.493 e. The molecule has 5 nitrogen and oxygen atoms in total. The first-order valence-electron chi connectivity index (χ1n) is 8.51. The first-order chi connectivity index (χ1) is 11.2. The lowest BCUT2D eigenvalue weighted by atomic mass is 10.0. The number of carbonyl (C=O) groups is 1. The molecule has 1 amide bonds. The van der Waals surface area contributed by atoms with Gasteiger partial charge in [0, 0.05) is 19.5 Å². The molecule has 1 heterocycles. The topological polar surface area (TPSA) is 48.0 Å². The molecule has 23 heavy (non-hydrogen) atoms. The smallest absolute Gasteiger partial charge is 0.410 e. The van der Waals surface area contributed by atoms with Crippen molar-refractivity contribution in [2.75, 3.05) is 20.2 Å². The van der Waals surface area contributed by atoms with Gasteiger partial charge in [-0.25, -0.2) is 4.79 Å². The fourth-order valence-corrected chi connectivity index (χ4v) is 3.31. The Hall–Kier alpha value is -1.91. The molecule has 0 spiro atoms. The second-order valence-corrected chi connectivity index (χ2v) is 6.18. The standard InChI is InChI=1S/C18H25NO4/c1-3-19-11-10-15(23-18(19)20)13-8-9-16(21-2)17(12-13)22-14-6-4-5-7-14/h8-9,12,14-15H,3-7,10-11H2,1-2H3. The third-order valence-corrected chi connectivity index (χ3v) is 4.70. The van der Waals surface area contributed by atoms with Crippen LogP contribution in [-0.2, 0) is 4.74 Å². The van der Waals surface area contributed by atoms with Crippen molar-refractivity contribution in [3.63, 3.8) is 0 Å². The molecule has 1 saturated heterocycles. The number of ether oxygens (including phenoxy) is 3. The van der Waals surface area contributed by atoms with Crippen LogP contribution in [0.2, 0.25) is 0 Å². The van der Waals surface area contributed by atoms with Crippen LogP contribution in [0.15, 0.2) is 18.2 Å². The summed E-state index contributed by atoms with van der Waals surface area (Å²) < 4.78 is 17.1. The van der Waals surface area contributed by atoms with Crippen LogP contribution >= 0.6 is 0 Å². The summed E-state index contributed by atoms with van der Waals surface area (Å²) in [5, 5.41) is 0. The monoisotopic (exact) mass is 319 g/mol. The summed E-state index contributed by atoms with van der Waals surface area (Å²) in [5.41, 5.74) is 0.975. The predicted molar refractivity (Wildman–Crippen MR) is 87.0 cm³/mol. The number of carbonyl (C=O) groups excluding carboxylic acids is 1. The van der Waals surface area contributed by atoms with Crippen molar-refractivity contribution >= 4 is 6.09 Å². The van der Waals surface area contributed by atoms with Gasteiger partial charge in [-0.3, -0.25) is 0 Å². The molecule has 1 unspecified atom stereocenters. The zero-order valence-corrected chi connectivity index (χ0v) is 13.9. The highest BCUT2D eigenvalue weighted by atomic mass is 16.6. The highest BCUT2D eigenvalue weighted by Gasteiger charge is 2.28. The molecule has 3 rings (SSSR count). The summed E-state index contributed by atoms with van der Waals surface area (Å²) in [5.74, 6) is 1.49. The van der Waals surface area contributed by atoms with Crippen LogP contribution in [0.25, 0.3) is 0 Å². The van der Waals surface area contributed by atoms with E-state index in [4.69, 9.17) is 14.2 Å². The number of hydrogen-bond acceptors (Lipinski definition) is 4. The Morgan fingerprint density at radius 1 is 1.22 bits per heavy atom. The van der Waals surface area contributed by atoms with E-state index in [1.807, 2.05) is 25.1 Å². The Morgan fingerprint density at radius 3 is 2.65 bits per heavy atom. The van der Waals surface area contributed by atoms with Gasteiger partial charge in [0.15, 0.2) is 11.5 Å². The van der Waals surface area contributed by atoms with Crippen molar-refractivity contribution in [2.24, 2.45) is 0 Å².